The van der Waals surface area contributed by atoms with Gasteiger partial charge in [-0.2, -0.15) is 18.3 Å². The number of carbonyl (C=O) groups is 2. The summed E-state index contributed by atoms with van der Waals surface area (Å²) in [7, 11) is 0. The summed E-state index contributed by atoms with van der Waals surface area (Å²) in [5.41, 5.74) is 2.36. The molecule has 0 aromatic rings. The number of nitrogens with one attached hydrogen (secondary N) is 2. The lowest BCUT2D eigenvalue weighted by molar-refractivity contribution is -0.183. The number of hydrazone groups is 1. The van der Waals surface area contributed by atoms with Gasteiger partial charge in [-0.05, 0) is 19.3 Å². The predicted molar refractivity (Wildman–Crippen MR) is 64.8 cm³/mol. The maximum Gasteiger partial charge on any atom is 0.391 e. The van der Waals surface area contributed by atoms with Crippen LogP contribution in [0.15, 0.2) is 5.10 Å². The third-order valence-electron chi connectivity index (χ3n) is 3.64. The van der Waals surface area contributed by atoms with Crippen LogP contribution in [-0.2, 0) is 9.59 Å². The Morgan fingerprint density at radius 2 is 2.05 bits per heavy atom. The fourth-order valence-corrected chi connectivity index (χ4v) is 2.52. The van der Waals surface area contributed by atoms with Crippen LogP contribution in [0.3, 0.4) is 0 Å². The minimum atomic E-state index is -4.21. The molecule has 1 fully saturated rings. The van der Waals surface area contributed by atoms with Gasteiger partial charge in [0.15, 0.2) is 0 Å². The summed E-state index contributed by atoms with van der Waals surface area (Å²) in [6.07, 6.45) is -2.81. The molecular weight excluding hydrogens is 275 g/mol. The monoisotopic (exact) mass is 291 g/mol. The Labute approximate surface area is 114 Å². The second-order valence-corrected chi connectivity index (χ2v) is 5.17. The molecule has 20 heavy (non-hydrogen) atoms. The lowest BCUT2D eigenvalue weighted by Crippen LogP contribution is -2.45. The molecule has 1 heterocycles. The first-order valence-corrected chi connectivity index (χ1v) is 6.59. The molecule has 0 bridgehead atoms. The minimum absolute atomic E-state index is 0.0884. The van der Waals surface area contributed by atoms with Crippen LogP contribution in [0, 0.1) is 5.92 Å². The second kappa shape index (κ2) is 5.80. The van der Waals surface area contributed by atoms with Gasteiger partial charge >= 0.3 is 6.18 Å². The van der Waals surface area contributed by atoms with Crippen LogP contribution >= 0.6 is 0 Å². The highest BCUT2D eigenvalue weighted by atomic mass is 19.4. The van der Waals surface area contributed by atoms with Crippen molar-refractivity contribution in [3.8, 4) is 0 Å². The third-order valence-corrected chi connectivity index (χ3v) is 3.64. The van der Waals surface area contributed by atoms with Crippen LogP contribution in [0.5, 0.6) is 0 Å². The molecule has 2 unspecified atom stereocenters. The van der Waals surface area contributed by atoms with E-state index in [0.29, 0.717) is 12.8 Å². The van der Waals surface area contributed by atoms with E-state index in [0.717, 1.165) is 0 Å². The molecule has 8 heteroatoms. The lowest BCUT2D eigenvalue weighted by Gasteiger charge is -2.31. The molecule has 0 saturated heterocycles. The van der Waals surface area contributed by atoms with E-state index in [4.69, 9.17) is 0 Å². The quantitative estimate of drug-likeness (QED) is 0.809. The molecule has 1 aliphatic carbocycles. The molecule has 0 radical (unpaired) electrons. The number of carbonyl (C=O) groups excluding carboxylic acids is 2. The Hall–Kier alpha value is -1.60. The first-order valence-electron chi connectivity index (χ1n) is 6.59. The smallest absolute Gasteiger partial charge is 0.348 e. The van der Waals surface area contributed by atoms with Crippen LogP contribution in [0.25, 0.3) is 0 Å². The largest absolute Gasteiger partial charge is 0.391 e. The summed E-state index contributed by atoms with van der Waals surface area (Å²) in [5, 5.41) is 6.21. The van der Waals surface area contributed by atoms with Crippen molar-refractivity contribution in [2.45, 2.75) is 50.7 Å². The zero-order valence-corrected chi connectivity index (χ0v) is 10.8. The maximum absolute atomic E-state index is 12.7. The van der Waals surface area contributed by atoms with Gasteiger partial charge in [0, 0.05) is 18.9 Å². The van der Waals surface area contributed by atoms with Crippen molar-refractivity contribution in [2.24, 2.45) is 11.0 Å². The van der Waals surface area contributed by atoms with Gasteiger partial charge in [-0.1, -0.05) is 6.42 Å². The summed E-state index contributed by atoms with van der Waals surface area (Å²) in [4.78, 5) is 22.8. The van der Waals surface area contributed by atoms with Crippen LogP contribution in [0.1, 0.15) is 38.5 Å². The van der Waals surface area contributed by atoms with Gasteiger partial charge in [0.1, 0.15) is 5.71 Å². The van der Waals surface area contributed by atoms with Crippen molar-refractivity contribution in [3.63, 3.8) is 0 Å². The molecule has 2 rings (SSSR count). The lowest BCUT2D eigenvalue weighted by atomic mass is 9.85. The Balaban J connectivity index is 1.90. The van der Waals surface area contributed by atoms with Crippen molar-refractivity contribution in [2.75, 3.05) is 0 Å². The van der Waals surface area contributed by atoms with E-state index < -0.39 is 24.0 Å². The molecule has 2 N–H and O–H groups in total. The third kappa shape index (κ3) is 3.71. The predicted octanol–water partition coefficient (Wildman–Crippen LogP) is 1.49. The van der Waals surface area contributed by atoms with Crippen molar-refractivity contribution < 1.29 is 22.8 Å². The Morgan fingerprint density at radius 1 is 1.30 bits per heavy atom. The maximum atomic E-state index is 12.7. The van der Waals surface area contributed by atoms with E-state index in [1.165, 1.54) is 0 Å². The summed E-state index contributed by atoms with van der Waals surface area (Å²) in [5.74, 6) is -2.11. The highest BCUT2D eigenvalue weighted by molar-refractivity contribution is 6.39. The number of hydrogen-bond acceptors (Lipinski definition) is 3. The molecule has 0 spiro atoms. The molecule has 2 amide bonds. The van der Waals surface area contributed by atoms with E-state index in [1.807, 2.05) is 0 Å². The summed E-state index contributed by atoms with van der Waals surface area (Å²) in [6, 6.07) is -0.483. The summed E-state index contributed by atoms with van der Waals surface area (Å²) < 4.78 is 38.0. The van der Waals surface area contributed by atoms with Crippen molar-refractivity contribution >= 4 is 17.5 Å². The molecule has 112 valence electrons. The van der Waals surface area contributed by atoms with Gasteiger partial charge in [-0.3, -0.25) is 9.59 Å². The molecular formula is C12H16F3N3O2. The molecule has 0 aromatic carbocycles. The van der Waals surface area contributed by atoms with Gasteiger partial charge in [-0.15, -0.1) is 0 Å². The Kier molecular flexibility index (Phi) is 4.29. The van der Waals surface area contributed by atoms with Gasteiger partial charge in [-0.25, -0.2) is 5.43 Å². The molecule has 0 aromatic heterocycles. The van der Waals surface area contributed by atoms with E-state index in [9.17, 15) is 22.8 Å². The second-order valence-electron chi connectivity index (χ2n) is 5.17. The number of halogens is 3. The summed E-state index contributed by atoms with van der Waals surface area (Å²) >= 11 is 0. The number of rotatable bonds is 2. The topological polar surface area (TPSA) is 70.6 Å². The fourth-order valence-electron chi connectivity index (χ4n) is 2.52. The zero-order valence-electron chi connectivity index (χ0n) is 10.8. The van der Waals surface area contributed by atoms with E-state index in [-0.39, 0.29) is 37.3 Å². The minimum Gasteiger partial charge on any atom is -0.348 e. The van der Waals surface area contributed by atoms with E-state index in [1.54, 1.807) is 0 Å². The fraction of sp³-hybridized carbons (Fsp3) is 0.750. The van der Waals surface area contributed by atoms with Crippen LogP contribution < -0.4 is 10.7 Å². The average molecular weight is 291 g/mol. The average Bonchev–Trinajstić information content (AvgIpc) is 2.38. The number of amides is 2. The molecule has 5 nitrogen and oxygen atoms in total. The molecule has 1 aliphatic heterocycles. The molecule has 2 atom stereocenters. The normalized spacial score (nSPS) is 27.6. The SMILES string of the molecule is O=C1CCC(C(=O)NC2CCCC(C(F)(F)F)C2)=NN1. The van der Waals surface area contributed by atoms with Crippen molar-refractivity contribution in [1.82, 2.24) is 10.7 Å². The van der Waals surface area contributed by atoms with E-state index >= 15 is 0 Å². The van der Waals surface area contributed by atoms with Crippen molar-refractivity contribution in [1.29, 1.82) is 0 Å². The number of nitrogens with zero attached hydrogens (tertiary/aromatic N) is 1. The number of hydrogen-bond donors (Lipinski definition) is 2. The van der Waals surface area contributed by atoms with E-state index in [2.05, 4.69) is 15.8 Å². The van der Waals surface area contributed by atoms with Crippen LogP contribution in [0.2, 0.25) is 0 Å². The Bertz CT molecular complexity index is 434. The molecule has 1 saturated carbocycles. The van der Waals surface area contributed by atoms with Gasteiger partial charge in [0.2, 0.25) is 5.91 Å². The standard InChI is InChI=1S/C12H16F3N3O2/c13-12(14,15)7-2-1-3-8(6-7)16-11(20)9-4-5-10(19)18-17-9/h7-8H,1-6H2,(H,16,20)(H,18,19). The first-order chi connectivity index (χ1) is 9.36. The van der Waals surface area contributed by atoms with Crippen LogP contribution in [0.4, 0.5) is 13.2 Å². The first kappa shape index (κ1) is 14.8. The Morgan fingerprint density at radius 3 is 2.65 bits per heavy atom. The zero-order chi connectivity index (χ0) is 14.8. The summed E-state index contributed by atoms with van der Waals surface area (Å²) in [6.45, 7) is 0. The van der Waals surface area contributed by atoms with Gasteiger partial charge < -0.3 is 5.32 Å². The van der Waals surface area contributed by atoms with Gasteiger partial charge in [0.25, 0.3) is 5.91 Å². The number of alkyl halides is 3. The van der Waals surface area contributed by atoms with Gasteiger partial charge in [0.05, 0.1) is 5.92 Å². The highest BCUT2D eigenvalue weighted by Gasteiger charge is 2.42. The highest BCUT2D eigenvalue weighted by Crippen LogP contribution is 2.37. The molecule has 2 aliphatic rings. The van der Waals surface area contributed by atoms with Crippen molar-refractivity contribution in [3.05, 3.63) is 0 Å². The van der Waals surface area contributed by atoms with Crippen LogP contribution in [-0.4, -0.2) is 29.7 Å².